The third-order valence-corrected chi connectivity index (χ3v) is 1.66. The van der Waals surface area contributed by atoms with Crippen LogP contribution in [0.5, 0.6) is 0 Å². The lowest BCUT2D eigenvalue weighted by Gasteiger charge is -2.14. The van der Waals surface area contributed by atoms with Gasteiger partial charge in [-0.05, 0) is 0 Å². The van der Waals surface area contributed by atoms with Crippen molar-refractivity contribution in [3.8, 4) is 6.19 Å². The smallest absolute Gasteiger partial charge is 0.222 e. The van der Waals surface area contributed by atoms with Crippen LogP contribution >= 0.6 is 0 Å². The van der Waals surface area contributed by atoms with Crippen molar-refractivity contribution >= 4 is 5.91 Å². The summed E-state index contributed by atoms with van der Waals surface area (Å²) in [7, 11) is 1.69. The third kappa shape index (κ3) is 2.79. The van der Waals surface area contributed by atoms with Gasteiger partial charge in [0.15, 0.2) is 6.19 Å². The van der Waals surface area contributed by atoms with Gasteiger partial charge in [-0.2, -0.15) is 5.26 Å². The average Bonchev–Trinajstić information content (AvgIpc) is 2.54. The second kappa shape index (κ2) is 5.42. The number of carbonyl (C=O) groups excluding carboxylic acids is 1. The van der Waals surface area contributed by atoms with Gasteiger partial charge in [0.05, 0.1) is 6.04 Å². The van der Waals surface area contributed by atoms with Gasteiger partial charge in [0.2, 0.25) is 5.91 Å². The van der Waals surface area contributed by atoms with Crippen molar-refractivity contribution < 1.29 is 4.79 Å². The molecule has 0 aromatic rings. The molecule has 0 spiro atoms. The zero-order chi connectivity index (χ0) is 9.56. The van der Waals surface area contributed by atoms with Crippen LogP contribution < -0.4 is 5.32 Å². The zero-order valence-corrected chi connectivity index (χ0v) is 7.79. The van der Waals surface area contributed by atoms with Gasteiger partial charge in [-0.3, -0.25) is 4.79 Å². The van der Waals surface area contributed by atoms with Gasteiger partial charge in [-0.15, -0.1) is 0 Å². The highest BCUT2D eigenvalue weighted by Gasteiger charge is 2.24. The number of amides is 1. The maximum atomic E-state index is 10.6. The van der Waals surface area contributed by atoms with E-state index in [1.807, 2.05) is 20.0 Å². The third-order valence-electron chi connectivity index (χ3n) is 1.66. The number of likely N-dealkylation sites (N-methyl/N-ethyl adjacent to an activating group) is 1. The van der Waals surface area contributed by atoms with Crippen molar-refractivity contribution in [2.45, 2.75) is 26.3 Å². The summed E-state index contributed by atoms with van der Waals surface area (Å²) in [6.45, 7) is 4.60. The minimum atomic E-state index is 0.0344. The van der Waals surface area contributed by atoms with Gasteiger partial charge >= 0.3 is 0 Å². The van der Waals surface area contributed by atoms with E-state index < -0.39 is 0 Å². The van der Waals surface area contributed by atoms with E-state index in [2.05, 4.69) is 5.32 Å². The summed E-state index contributed by atoms with van der Waals surface area (Å²) in [6.07, 6.45) is 2.42. The number of hydrogen-bond acceptors (Lipinski definition) is 3. The molecule has 1 fully saturated rings. The number of nitrogens with one attached hydrogen (secondary N) is 1. The van der Waals surface area contributed by atoms with Crippen LogP contribution in [0.2, 0.25) is 0 Å². The minimum absolute atomic E-state index is 0.0344. The maximum absolute atomic E-state index is 10.6. The van der Waals surface area contributed by atoms with Gasteiger partial charge in [0.1, 0.15) is 0 Å². The molecule has 0 aromatic carbocycles. The van der Waals surface area contributed by atoms with E-state index in [0.29, 0.717) is 13.0 Å². The second-order valence-electron chi connectivity index (χ2n) is 2.37. The second-order valence-corrected chi connectivity index (χ2v) is 2.37. The van der Waals surface area contributed by atoms with Gasteiger partial charge in [-0.25, -0.2) is 0 Å². The first-order chi connectivity index (χ1) is 5.74. The molecule has 0 aromatic heterocycles. The molecule has 4 heteroatoms. The van der Waals surface area contributed by atoms with Crippen molar-refractivity contribution in [1.82, 2.24) is 10.2 Å². The standard InChI is InChI=1S/C6H9N3O.C2H6/c1-9(4-7)5-2-6(10)8-3-5;1-2/h5H,2-3H2,1H3,(H,8,10);1-2H3. The molecule has 1 aliphatic heterocycles. The van der Waals surface area contributed by atoms with Gasteiger partial charge < -0.3 is 10.2 Å². The lowest BCUT2D eigenvalue weighted by Crippen LogP contribution is -2.29. The highest BCUT2D eigenvalue weighted by Crippen LogP contribution is 2.04. The molecule has 1 N–H and O–H groups in total. The lowest BCUT2D eigenvalue weighted by molar-refractivity contribution is -0.119. The van der Waals surface area contributed by atoms with Crippen molar-refractivity contribution in [3.05, 3.63) is 0 Å². The first kappa shape index (κ1) is 10.8. The molecule has 0 radical (unpaired) electrons. The van der Waals surface area contributed by atoms with E-state index in [9.17, 15) is 4.79 Å². The van der Waals surface area contributed by atoms with Crippen molar-refractivity contribution in [2.24, 2.45) is 0 Å². The number of carbonyl (C=O) groups is 1. The van der Waals surface area contributed by atoms with Crippen LogP contribution in [0.1, 0.15) is 20.3 Å². The highest BCUT2D eigenvalue weighted by atomic mass is 16.1. The Labute approximate surface area is 73.2 Å². The Morgan fingerprint density at radius 1 is 1.67 bits per heavy atom. The van der Waals surface area contributed by atoms with E-state index in [1.165, 1.54) is 4.90 Å². The molecule has 0 saturated carbocycles. The van der Waals surface area contributed by atoms with Crippen LogP contribution in [0.4, 0.5) is 0 Å². The van der Waals surface area contributed by atoms with Crippen LogP contribution in [-0.4, -0.2) is 30.4 Å². The molecule has 1 rings (SSSR count). The number of rotatable bonds is 1. The van der Waals surface area contributed by atoms with Crippen LogP contribution in [0, 0.1) is 11.5 Å². The van der Waals surface area contributed by atoms with E-state index in [-0.39, 0.29) is 11.9 Å². The quantitative estimate of drug-likeness (QED) is 0.454. The van der Waals surface area contributed by atoms with Crippen molar-refractivity contribution in [3.63, 3.8) is 0 Å². The average molecular weight is 169 g/mol. The molecule has 0 bridgehead atoms. The van der Waals surface area contributed by atoms with Crippen LogP contribution in [0.25, 0.3) is 0 Å². The topological polar surface area (TPSA) is 56.1 Å². The Bertz CT molecular complexity index is 185. The summed E-state index contributed by atoms with van der Waals surface area (Å²) in [4.78, 5) is 12.1. The molecule has 1 amide bonds. The van der Waals surface area contributed by atoms with Gasteiger partial charge in [-0.1, -0.05) is 13.8 Å². The number of hydrogen-bond donors (Lipinski definition) is 1. The van der Waals surface area contributed by atoms with Gasteiger partial charge in [0, 0.05) is 20.0 Å². The summed E-state index contributed by atoms with van der Waals surface area (Å²) in [5.41, 5.74) is 0. The number of nitrogens with zero attached hydrogens (tertiary/aromatic N) is 2. The molecule has 1 unspecified atom stereocenters. The minimum Gasteiger partial charge on any atom is -0.354 e. The van der Waals surface area contributed by atoms with Gasteiger partial charge in [0.25, 0.3) is 0 Å². The normalized spacial score (nSPS) is 20.2. The fraction of sp³-hybridized carbons (Fsp3) is 0.750. The molecule has 1 aliphatic rings. The lowest BCUT2D eigenvalue weighted by atomic mass is 10.2. The van der Waals surface area contributed by atoms with Crippen molar-refractivity contribution in [1.29, 1.82) is 5.26 Å². The summed E-state index contributed by atoms with van der Waals surface area (Å²) in [5, 5.41) is 11.1. The summed E-state index contributed by atoms with van der Waals surface area (Å²) in [6, 6.07) is 0.0671. The molecule has 1 heterocycles. The van der Waals surface area contributed by atoms with E-state index in [0.717, 1.165) is 0 Å². The molecule has 68 valence electrons. The Balaban J connectivity index is 0.000000561. The number of nitriles is 1. The molecular formula is C8H15N3O. The summed E-state index contributed by atoms with van der Waals surface area (Å²) < 4.78 is 0. The predicted molar refractivity (Wildman–Crippen MR) is 46.1 cm³/mol. The predicted octanol–water partition coefficient (Wildman–Crippen LogP) is 0.314. The fourth-order valence-electron chi connectivity index (χ4n) is 0.946. The highest BCUT2D eigenvalue weighted by molar-refractivity contribution is 5.78. The van der Waals surface area contributed by atoms with E-state index in [4.69, 9.17) is 5.26 Å². The van der Waals surface area contributed by atoms with Crippen LogP contribution in [-0.2, 0) is 4.79 Å². The first-order valence-corrected chi connectivity index (χ1v) is 4.13. The molecule has 4 nitrogen and oxygen atoms in total. The Morgan fingerprint density at radius 3 is 2.58 bits per heavy atom. The maximum Gasteiger partial charge on any atom is 0.222 e. The SMILES string of the molecule is CC.CN(C#N)C1CNC(=O)C1. The Morgan fingerprint density at radius 2 is 2.25 bits per heavy atom. The van der Waals surface area contributed by atoms with Crippen molar-refractivity contribution in [2.75, 3.05) is 13.6 Å². The molecule has 12 heavy (non-hydrogen) atoms. The summed E-state index contributed by atoms with van der Waals surface area (Å²) in [5.74, 6) is 0.0344. The van der Waals surface area contributed by atoms with Crippen LogP contribution in [0.3, 0.4) is 0 Å². The fourth-order valence-corrected chi connectivity index (χ4v) is 0.946. The molecular weight excluding hydrogens is 154 g/mol. The zero-order valence-electron chi connectivity index (χ0n) is 7.79. The van der Waals surface area contributed by atoms with Crippen LogP contribution in [0.15, 0.2) is 0 Å². The molecule has 0 aliphatic carbocycles. The summed E-state index contributed by atoms with van der Waals surface area (Å²) >= 11 is 0. The van der Waals surface area contributed by atoms with E-state index in [1.54, 1.807) is 7.05 Å². The first-order valence-electron chi connectivity index (χ1n) is 4.13. The Hall–Kier alpha value is -1.24. The molecule has 1 saturated heterocycles. The monoisotopic (exact) mass is 169 g/mol. The largest absolute Gasteiger partial charge is 0.354 e. The van der Waals surface area contributed by atoms with E-state index >= 15 is 0 Å². The molecule has 1 atom stereocenters. The Kier molecular flexibility index (Phi) is 4.86.